The predicted octanol–water partition coefficient (Wildman–Crippen LogP) is 1.36. The van der Waals surface area contributed by atoms with Gasteiger partial charge < -0.3 is 24.6 Å². The van der Waals surface area contributed by atoms with Gasteiger partial charge in [-0.05, 0) is 5.92 Å². The summed E-state index contributed by atoms with van der Waals surface area (Å²) in [4.78, 5) is 25.8. The molecule has 0 rings (SSSR count). The molecule has 0 amide bonds. The second kappa shape index (κ2) is 10.5. The van der Waals surface area contributed by atoms with Gasteiger partial charge in [-0.15, -0.1) is 5.01 Å². The number of hydrazine groups is 1. The summed E-state index contributed by atoms with van der Waals surface area (Å²) in [5.41, 5.74) is 0. The van der Waals surface area contributed by atoms with Gasteiger partial charge in [0.2, 0.25) is 5.28 Å². The van der Waals surface area contributed by atoms with Crippen LogP contribution in [0, 0.1) is 11.1 Å². The molecular weight excluding hydrogens is 286 g/mol. The van der Waals surface area contributed by atoms with E-state index in [1.807, 2.05) is 13.8 Å². The molecule has 1 atom stereocenters. The maximum absolute atomic E-state index is 11.4. The van der Waals surface area contributed by atoms with E-state index in [1.165, 1.54) is 5.01 Å². The molecule has 10 nitrogen and oxygen atoms in total. The fraction of sp³-hybridized carbons (Fsp3) is 0.818. The third kappa shape index (κ3) is 10.2. The van der Waals surface area contributed by atoms with Gasteiger partial charge in [-0.3, -0.25) is 4.79 Å². The zero-order valence-electron chi connectivity index (χ0n) is 12.4. The third-order valence-corrected chi connectivity index (χ3v) is 2.46. The second-order valence-electron chi connectivity index (χ2n) is 4.32. The Bertz CT molecular complexity index is 362. The number of carbonyl (C=O) groups excluding carboxylic acids is 1. The van der Waals surface area contributed by atoms with E-state index < -0.39 is 18.9 Å². The molecule has 0 fully saturated rings. The number of hydrogen-bond acceptors (Lipinski definition) is 7. The molecule has 0 saturated heterocycles. The minimum absolute atomic E-state index is 0.241. The van der Waals surface area contributed by atoms with Crippen molar-refractivity contribution in [2.45, 2.75) is 26.7 Å². The van der Waals surface area contributed by atoms with E-state index in [-0.39, 0.29) is 18.0 Å². The Morgan fingerprint density at radius 3 is 2.67 bits per heavy atom. The summed E-state index contributed by atoms with van der Waals surface area (Å²) in [6.45, 7) is 3.58. The van der Waals surface area contributed by atoms with Crippen LogP contribution in [0.3, 0.4) is 0 Å². The van der Waals surface area contributed by atoms with Crippen molar-refractivity contribution in [2.75, 3.05) is 27.0 Å². The molecule has 0 aromatic carbocycles. The van der Waals surface area contributed by atoms with Crippen LogP contribution in [0.4, 0.5) is 4.79 Å². The summed E-state index contributed by atoms with van der Waals surface area (Å²) >= 11 is 0. The SMILES string of the molecule is CCC(C)CN(C)[N+]([O-])=NOCOC(=O)OCCC(=O)O. The summed E-state index contributed by atoms with van der Waals surface area (Å²) < 4.78 is 8.81. The molecule has 10 heteroatoms. The highest BCUT2D eigenvalue weighted by molar-refractivity contribution is 5.67. The first-order chi connectivity index (χ1) is 9.86. The number of carbonyl (C=O) groups is 2. The molecular formula is C11H21N3O7. The van der Waals surface area contributed by atoms with Crippen LogP contribution in [-0.2, 0) is 19.1 Å². The van der Waals surface area contributed by atoms with Crippen molar-refractivity contribution < 1.29 is 34.0 Å². The van der Waals surface area contributed by atoms with Gasteiger partial charge in [0.25, 0.3) is 6.79 Å². The standard InChI is InChI=1S/C11H21N3O7/c1-4-9(2)7-13(3)14(18)12-21-8-20-11(17)19-6-5-10(15)16/h9H,4-8H2,1-3H3,(H,15,16). The molecule has 0 spiro atoms. The molecule has 0 aromatic heterocycles. The van der Waals surface area contributed by atoms with E-state index in [9.17, 15) is 14.8 Å². The van der Waals surface area contributed by atoms with Crippen molar-refractivity contribution in [2.24, 2.45) is 11.2 Å². The van der Waals surface area contributed by atoms with Gasteiger partial charge in [-0.25, -0.2) is 4.79 Å². The van der Waals surface area contributed by atoms with Crippen LogP contribution in [0.1, 0.15) is 26.7 Å². The zero-order chi connectivity index (χ0) is 16.3. The molecule has 0 bridgehead atoms. The lowest BCUT2D eigenvalue weighted by molar-refractivity contribution is -0.707. The normalized spacial score (nSPS) is 12.4. The summed E-state index contributed by atoms with van der Waals surface area (Å²) in [6.07, 6.45) is -0.503. The van der Waals surface area contributed by atoms with E-state index >= 15 is 0 Å². The summed E-state index contributed by atoms with van der Waals surface area (Å²) in [5.74, 6) is -0.775. The van der Waals surface area contributed by atoms with Crippen LogP contribution in [0.15, 0.2) is 5.28 Å². The van der Waals surface area contributed by atoms with Crippen LogP contribution < -0.4 is 0 Å². The fourth-order valence-electron chi connectivity index (χ4n) is 1.12. The van der Waals surface area contributed by atoms with Gasteiger partial charge in [0.1, 0.15) is 6.61 Å². The molecule has 0 radical (unpaired) electrons. The molecule has 0 saturated carbocycles. The summed E-state index contributed by atoms with van der Waals surface area (Å²) in [5, 5.41) is 24.2. The van der Waals surface area contributed by atoms with E-state index in [0.717, 1.165) is 6.42 Å². The Morgan fingerprint density at radius 1 is 1.43 bits per heavy atom. The topological polar surface area (TPSA) is 124 Å². The Labute approximate surface area is 122 Å². The number of carboxylic acids is 1. The van der Waals surface area contributed by atoms with Gasteiger partial charge in [0.15, 0.2) is 0 Å². The van der Waals surface area contributed by atoms with E-state index in [4.69, 9.17) is 5.11 Å². The van der Waals surface area contributed by atoms with Gasteiger partial charge in [0, 0.05) is 0 Å². The highest BCUT2D eigenvalue weighted by atomic mass is 16.8. The quantitative estimate of drug-likeness (QED) is 0.160. The van der Waals surface area contributed by atoms with Crippen LogP contribution >= 0.6 is 0 Å². The molecule has 0 aromatic rings. The molecule has 0 heterocycles. The zero-order valence-corrected chi connectivity index (χ0v) is 12.4. The van der Waals surface area contributed by atoms with E-state index in [1.54, 1.807) is 7.05 Å². The number of aliphatic carboxylic acids is 1. The molecule has 1 N–H and O–H groups in total. The van der Waals surface area contributed by atoms with Crippen LogP contribution in [0.5, 0.6) is 0 Å². The first-order valence-electron chi connectivity index (χ1n) is 6.39. The molecule has 0 aliphatic heterocycles. The van der Waals surface area contributed by atoms with Crippen molar-refractivity contribution in [3.8, 4) is 0 Å². The second-order valence-corrected chi connectivity index (χ2v) is 4.32. The van der Waals surface area contributed by atoms with Gasteiger partial charge in [0.05, 0.1) is 25.0 Å². The van der Waals surface area contributed by atoms with Crippen molar-refractivity contribution in [3.63, 3.8) is 0 Å². The maximum atomic E-state index is 11.4. The van der Waals surface area contributed by atoms with Crippen molar-refractivity contribution in [3.05, 3.63) is 5.21 Å². The lowest BCUT2D eigenvalue weighted by Crippen LogP contribution is -2.30. The fourth-order valence-corrected chi connectivity index (χ4v) is 1.12. The third-order valence-electron chi connectivity index (χ3n) is 2.46. The molecule has 1 unspecified atom stereocenters. The molecule has 122 valence electrons. The Balaban J connectivity index is 3.83. The van der Waals surface area contributed by atoms with Crippen molar-refractivity contribution in [1.82, 2.24) is 5.01 Å². The monoisotopic (exact) mass is 307 g/mol. The minimum Gasteiger partial charge on any atom is -0.569 e. The van der Waals surface area contributed by atoms with Crippen molar-refractivity contribution in [1.29, 1.82) is 0 Å². The first kappa shape index (κ1) is 18.7. The number of hydrogen-bond donors (Lipinski definition) is 1. The average molecular weight is 307 g/mol. The number of ether oxygens (including phenoxy) is 2. The molecule has 0 aliphatic carbocycles. The first-order valence-corrected chi connectivity index (χ1v) is 6.39. The van der Waals surface area contributed by atoms with Gasteiger partial charge >= 0.3 is 12.1 Å². The maximum Gasteiger partial charge on any atom is 0.511 e. The molecule has 21 heavy (non-hydrogen) atoms. The average Bonchev–Trinajstić information content (AvgIpc) is 2.42. The van der Waals surface area contributed by atoms with Crippen LogP contribution in [0.2, 0.25) is 0 Å². The van der Waals surface area contributed by atoms with Gasteiger partial charge in [-0.1, -0.05) is 20.3 Å². The lowest BCUT2D eigenvalue weighted by atomic mass is 10.1. The van der Waals surface area contributed by atoms with Crippen LogP contribution in [-0.4, -0.2) is 54.2 Å². The van der Waals surface area contributed by atoms with E-state index in [2.05, 4.69) is 19.6 Å². The Morgan fingerprint density at radius 2 is 2.10 bits per heavy atom. The summed E-state index contributed by atoms with van der Waals surface area (Å²) in [7, 11) is 1.55. The van der Waals surface area contributed by atoms with E-state index in [0.29, 0.717) is 12.5 Å². The van der Waals surface area contributed by atoms with Crippen LogP contribution in [0.25, 0.3) is 0 Å². The largest absolute Gasteiger partial charge is 0.569 e. The smallest absolute Gasteiger partial charge is 0.511 e. The van der Waals surface area contributed by atoms with Crippen molar-refractivity contribution >= 4 is 12.1 Å². The Hall–Kier alpha value is -2.26. The predicted molar refractivity (Wildman–Crippen MR) is 68.8 cm³/mol. The lowest BCUT2D eigenvalue weighted by Gasteiger charge is -2.16. The highest BCUT2D eigenvalue weighted by Gasteiger charge is 2.11. The minimum atomic E-state index is -1.10. The number of rotatable bonds is 10. The highest BCUT2D eigenvalue weighted by Crippen LogP contribution is 2.02. The Kier molecular flexibility index (Phi) is 9.39. The summed E-state index contributed by atoms with van der Waals surface area (Å²) in [6, 6.07) is 0. The number of carboxylic acid groups (broad SMARTS) is 1. The molecule has 0 aliphatic rings. The number of nitrogens with zero attached hydrogens (tertiary/aromatic N) is 3. The van der Waals surface area contributed by atoms with Gasteiger partial charge in [-0.2, -0.15) is 0 Å².